The lowest BCUT2D eigenvalue weighted by Gasteiger charge is -2.18. The molecule has 1 amide bonds. The van der Waals surface area contributed by atoms with Gasteiger partial charge in [0.2, 0.25) is 0 Å². The number of methoxy groups -OCH3 is 1. The summed E-state index contributed by atoms with van der Waals surface area (Å²) in [5.41, 5.74) is 0. The summed E-state index contributed by atoms with van der Waals surface area (Å²) in [7, 11) is 3.28. The predicted molar refractivity (Wildman–Crippen MR) is 66.6 cm³/mol. The third-order valence-electron chi connectivity index (χ3n) is 2.39. The molecule has 1 atom stereocenters. The molecule has 0 aromatic carbocycles. The van der Waals surface area contributed by atoms with Crippen LogP contribution in [0.15, 0.2) is 16.5 Å². The van der Waals surface area contributed by atoms with Gasteiger partial charge in [-0.2, -0.15) is 0 Å². The van der Waals surface area contributed by atoms with Crippen LogP contribution < -0.4 is 0 Å². The van der Waals surface area contributed by atoms with Crippen LogP contribution in [0.2, 0.25) is 0 Å². The van der Waals surface area contributed by atoms with Gasteiger partial charge >= 0.3 is 0 Å². The summed E-state index contributed by atoms with van der Waals surface area (Å²) < 4.78 is 10.3. The van der Waals surface area contributed by atoms with E-state index in [4.69, 9.17) is 20.8 Å². The van der Waals surface area contributed by atoms with Crippen molar-refractivity contribution >= 4 is 17.5 Å². The molecule has 1 heterocycles. The average Bonchev–Trinajstić information content (AvgIpc) is 2.76. The highest BCUT2D eigenvalue weighted by Gasteiger charge is 2.18. The fourth-order valence-electron chi connectivity index (χ4n) is 1.48. The Balaban J connectivity index is 2.57. The van der Waals surface area contributed by atoms with Crippen molar-refractivity contribution in [1.82, 2.24) is 4.90 Å². The molecule has 0 N–H and O–H groups in total. The third kappa shape index (κ3) is 4.06. The minimum atomic E-state index is -0.213. The Hall–Kier alpha value is -1.00. The molecular formula is C12H18ClNO3. The Morgan fingerprint density at radius 3 is 2.82 bits per heavy atom. The number of nitrogens with zero attached hydrogens (tertiary/aromatic N) is 1. The van der Waals surface area contributed by atoms with Gasteiger partial charge in [-0.25, -0.2) is 0 Å². The first-order valence-corrected chi connectivity index (χ1v) is 5.99. The van der Waals surface area contributed by atoms with Crippen LogP contribution in [0.3, 0.4) is 0 Å². The molecule has 5 heteroatoms. The van der Waals surface area contributed by atoms with Crippen LogP contribution in [0, 0.1) is 0 Å². The van der Waals surface area contributed by atoms with Crippen molar-refractivity contribution in [1.29, 1.82) is 0 Å². The lowest BCUT2D eigenvalue weighted by molar-refractivity contribution is 0.0748. The zero-order chi connectivity index (χ0) is 12.8. The zero-order valence-corrected chi connectivity index (χ0v) is 11.2. The van der Waals surface area contributed by atoms with E-state index in [9.17, 15) is 4.79 Å². The van der Waals surface area contributed by atoms with Crippen molar-refractivity contribution in [2.45, 2.75) is 18.7 Å². The lowest BCUT2D eigenvalue weighted by atomic mass is 10.3. The van der Waals surface area contributed by atoms with E-state index >= 15 is 0 Å². The van der Waals surface area contributed by atoms with E-state index in [1.54, 1.807) is 20.2 Å². The fraction of sp³-hybridized carbons (Fsp3) is 0.583. The maximum Gasteiger partial charge on any atom is 0.289 e. The molecule has 1 aromatic heterocycles. The molecule has 4 nitrogen and oxygen atoms in total. The molecule has 0 bridgehead atoms. The number of carbonyl (C=O) groups is 1. The maximum absolute atomic E-state index is 11.9. The molecule has 1 aromatic rings. The van der Waals surface area contributed by atoms with E-state index in [-0.39, 0.29) is 11.3 Å². The number of amides is 1. The van der Waals surface area contributed by atoms with Gasteiger partial charge in [-0.3, -0.25) is 4.79 Å². The van der Waals surface area contributed by atoms with Gasteiger partial charge in [-0.05, 0) is 12.1 Å². The van der Waals surface area contributed by atoms with E-state index < -0.39 is 0 Å². The van der Waals surface area contributed by atoms with E-state index in [0.717, 1.165) is 12.2 Å². The molecule has 0 fully saturated rings. The minimum absolute atomic E-state index is 0.161. The number of alkyl halides is 1. The summed E-state index contributed by atoms with van der Waals surface area (Å²) in [5, 5.41) is -0.213. The first kappa shape index (κ1) is 14.1. The molecule has 0 aliphatic heterocycles. The van der Waals surface area contributed by atoms with Crippen molar-refractivity contribution < 1.29 is 13.9 Å². The summed E-state index contributed by atoms with van der Waals surface area (Å²) in [6.45, 7) is 2.82. The SMILES string of the molecule is CCc1ccc(C(=O)N(C)CC(Cl)COC)o1. The van der Waals surface area contributed by atoms with Gasteiger partial charge in [0.1, 0.15) is 5.76 Å². The van der Waals surface area contributed by atoms with Crippen LogP contribution in [-0.4, -0.2) is 43.5 Å². The largest absolute Gasteiger partial charge is 0.456 e. The van der Waals surface area contributed by atoms with E-state index in [1.807, 2.05) is 13.0 Å². The highest BCUT2D eigenvalue weighted by Crippen LogP contribution is 2.11. The second-order valence-corrected chi connectivity index (χ2v) is 4.48. The van der Waals surface area contributed by atoms with Crippen molar-refractivity contribution in [3.8, 4) is 0 Å². The number of hydrogen-bond acceptors (Lipinski definition) is 3. The first-order valence-electron chi connectivity index (χ1n) is 5.55. The Kier molecular flexibility index (Phi) is 5.51. The monoisotopic (exact) mass is 259 g/mol. The molecule has 96 valence electrons. The molecule has 0 saturated heterocycles. The van der Waals surface area contributed by atoms with Crippen molar-refractivity contribution in [2.75, 3.05) is 27.3 Å². The summed E-state index contributed by atoms with van der Waals surface area (Å²) in [5.74, 6) is 0.998. The smallest absolute Gasteiger partial charge is 0.289 e. The Morgan fingerprint density at radius 1 is 1.59 bits per heavy atom. The summed E-state index contributed by atoms with van der Waals surface area (Å²) in [4.78, 5) is 13.5. The van der Waals surface area contributed by atoms with E-state index in [2.05, 4.69) is 0 Å². The van der Waals surface area contributed by atoms with Crippen LogP contribution in [0.1, 0.15) is 23.2 Å². The molecule has 0 aliphatic carbocycles. The molecule has 0 radical (unpaired) electrons. The maximum atomic E-state index is 11.9. The first-order chi connectivity index (χ1) is 8.08. The highest BCUT2D eigenvalue weighted by atomic mass is 35.5. The van der Waals surface area contributed by atoms with Crippen molar-refractivity contribution in [3.63, 3.8) is 0 Å². The van der Waals surface area contributed by atoms with Gasteiger partial charge in [0.05, 0.1) is 12.0 Å². The van der Waals surface area contributed by atoms with Crippen LogP contribution in [0.25, 0.3) is 0 Å². The van der Waals surface area contributed by atoms with Gasteiger partial charge in [0, 0.05) is 27.1 Å². The molecule has 17 heavy (non-hydrogen) atoms. The number of ether oxygens (including phenoxy) is 1. The van der Waals surface area contributed by atoms with Crippen molar-refractivity contribution in [3.05, 3.63) is 23.7 Å². The quantitative estimate of drug-likeness (QED) is 0.736. The Bertz CT molecular complexity index is 364. The van der Waals surface area contributed by atoms with Gasteiger partial charge in [-0.1, -0.05) is 6.92 Å². The second kappa shape index (κ2) is 6.67. The van der Waals surface area contributed by atoms with Gasteiger partial charge in [-0.15, -0.1) is 11.6 Å². The molecule has 0 aliphatic rings. The average molecular weight is 260 g/mol. The number of rotatable bonds is 6. The molecule has 1 unspecified atom stereocenters. The normalized spacial score (nSPS) is 12.5. The van der Waals surface area contributed by atoms with Crippen molar-refractivity contribution in [2.24, 2.45) is 0 Å². The topological polar surface area (TPSA) is 42.7 Å². The molecule has 0 spiro atoms. The fourth-order valence-corrected chi connectivity index (χ4v) is 1.82. The molecular weight excluding hydrogens is 242 g/mol. The molecule has 0 saturated carbocycles. The van der Waals surface area contributed by atoms with Gasteiger partial charge < -0.3 is 14.1 Å². The Morgan fingerprint density at radius 2 is 2.29 bits per heavy atom. The summed E-state index contributed by atoms with van der Waals surface area (Å²) in [6.07, 6.45) is 0.777. The number of furan rings is 1. The predicted octanol–water partition coefficient (Wildman–Crippen LogP) is 2.17. The van der Waals surface area contributed by atoms with Crippen LogP contribution in [0.5, 0.6) is 0 Å². The highest BCUT2D eigenvalue weighted by molar-refractivity contribution is 6.21. The Labute approximate surface area is 106 Å². The summed E-state index contributed by atoms with van der Waals surface area (Å²) >= 11 is 5.99. The number of carbonyl (C=O) groups excluding carboxylic acids is 1. The zero-order valence-electron chi connectivity index (χ0n) is 10.4. The number of aryl methyl sites for hydroxylation is 1. The minimum Gasteiger partial charge on any atom is -0.456 e. The molecule has 1 rings (SSSR count). The van der Waals surface area contributed by atoms with E-state index in [1.165, 1.54) is 4.90 Å². The standard InChI is InChI=1S/C12H18ClNO3/c1-4-10-5-6-11(17-10)12(15)14(2)7-9(13)8-16-3/h5-6,9H,4,7-8H2,1-3H3. The van der Waals surface area contributed by atoms with Crippen LogP contribution in [0.4, 0.5) is 0 Å². The van der Waals surface area contributed by atoms with Gasteiger partial charge in [0.15, 0.2) is 5.76 Å². The third-order valence-corrected chi connectivity index (χ3v) is 2.65. The number of halogens is 1. The lowest BCUT2D eigenvalue weighted by Crippen LogP contribution is -2.33. The second-order valence-electron chi connectivity index (χ2n) is 3.86. The van der Waals surface area contributed by atoms with Gasteiger partial charge in [0.25, 0.3) is 5.91 Å². The van der Waals surface area contributed by atoms with Crippen LogP contribution >= 0.6 is 11.6 Å². The number of hydrogen-bond donors (Lipinski definition) is 0. The van der Waals surface area contributed by atoms with E-state index in [0.29, 0.717) is 18.9 Å². The van der Waals surface area contributed by atoms with Crippen LogP contribution in [-0.2, 0) is 11.2 Å². The summed E-state index contributed by atoms with van der Waals surface area (Å²) in [6, 6.07) is 3.51.